The Balaban J connectivity index is 1.31. The Hall–Kier alpha value is -2.24. The molecule has 2 aliphatic rings. The summed E-state index contributed by atoms with van der Waals surface area (Å²) in [5.74, 6) is 0.359. The summed E-state index contributed by atoms with van der Waals surface area (Å²) >= 11 is 0. The summed E-state index contributed by atoms with van der Waals surface area (Å²) in [6.07, 6.45) is 5.26. The molecule has 1 amide bonds. The number of nitrogens with zero attached hydrogens (tertiary/aromatic N) is 2. The van der Waals surface area contributed by atoms with E-state index >= 15 is 0 Å². The van der Waals surface area contributed by atoms with Gasteiger partial charge in [0.15, 0.2) is 0 Å². The highest BCUT2D eigenvalue weighted by Crippen LogP contribution is 2.29. The Morgan fingerprint density at radius 3 is 2.45 bits per heavy atom. The first kappa shape index (κ1) is 22.0. The minimum Gasteiger partial charge on any atom is -0.352 e. The van der Waals surface area contributed by atoms with Gasteiger partial charge in [-0.1, -0.05) is 42.5 Å². The van der Waals surface area contributed by atoms with Gasteiger partial charge >= 0.3 is 0 Å². The molecule has 4 rings (SSSR count). The largest absolute Gasteiger partial charge is 0.352 e. The van der Waals surface area contributed by atoms with E-state index in [4.69, 9.17) is 0 Å². The lowest BCUT2D eigenvalue weighted by atomic mass is 9.86. The first-order chi connectivity index (χ1) is 15.2. The molecule has 4 nitrogen and oxygen atoms in total. The van der Waals surface area contributed by atoms with Gasteiger partial charge in [0.1, 0.15) is 5.82 Å². The molecule has 0 bridgehead atoms. The third-order valence-electron chi connectivity index (χ3n) is 6.78. The molecule has 0 radical (unpaired) electrons. The van der Waals surface area contributed by atoms with Gasteiger partial charge in [-0.05, 0) is 74.5 Å². The lowest BCUT2D eigenvalue weighted by Crippen LogP contribution is -2.50. The smallest absolute Gasteiger partial charge is 0.220 e. The maximum atomic E-state index is 13.1. The molecule has 0 unspecified atom stereocenters. The molecular formula is C26H34FN3O. The zero-order valence-corrected chi connectivity index (χ0v) is 18.3. The molecule has 2 atom stereocenters. The summed E-state index contributed by atoms with van der Waals surface area (Å²) in [6, 6.07) is 17.6. The third-order valence-corrected chi connectivity index (χ3v) is 6.78. The Morgan fingerprint density at radius 1 is 0.968 bits per heavy atom. The molecule has 5 heteroatoms. The van der Waals surface area contributed by atoms with Crippen LogP contribution in [0.15, 0.2) is 54.6 Å². The van der Waals surface area contributed by atoms with Gasteiger partial charge in [0.25, 0.3) is 0 Å². The van der Waals surface area contributed by atoms with E-state index in [1.165, 1.54) is 50.0 Å². The molecule has 0 saturated carbocycles. The summed E-state index contributed by atoms with van der Waals surface area (Å²) in [7, 11) is 0. The molecule has 2 saturated heterocycles. The monoisotopic (exact) mass is 423 g/mol. The minimum atomic E-state index is -0.250. The maximum Gasteiger partial charge on any atom is 0.220 e. The zero-order chi connectivity index (χ0) is 21.5. The summed E-state index contributed by atoms with van der Waals surface area (Å²) in [4.78, 5) is 17.7. The summed E-state index contributed by atoms with van der Waals surface area (Å²) in [6.45, 7) is 6.04. The van der Waals surface area contributed by atoms with Crippen LogP contribution in [-0.2, 0) is 17.9 Å². The van der Waals surface area contributed by atoms with Crippen LogP contribution in [0.25, 0.3) is 0 Å². The fraction of sp³-hybridized carbons (Fsp3) is 0.500. The molecule has 2 fully saturated rings. The number of carbonyl (C=O) groups is 1. The molecule has 2 aromatic carbocycles. The second-order valence-electron chi connectivity index (χ2n) is 9.02. The molecule has 2 heterocycles. The summed E-state index contributed by atoms with van der Waals surface area (Å²) in [5.41, 5.74) is 2.29. The van der Waals surface area contributed by atoms with Gasteiger partial charge in [0.05, 0.1) is 0 Å². The predicted octanol–water partition coefficient (Wildman–Crippen LogP) is 4.21. The van der Waals surface area contributed by atoms with Crippen LogP contribution >= 0.6 is 0 Å². The van der Waals surface area contributed by atoms with Crippen molar-refractivity contribution in [3.05, 3.63) is 71.5 Å². The van der Waals surface area contributed by atoms with E-state index in [0.29, 0.717) is 24.9 Å². The van der Waals surface area contributed by atoms with Gasteiger partial charge in [0.2, 0.25) is 5.91 Å². The maximum absolute atomic E-state index is 13.1. The van der Waals surface area contributed by atoms with Crippen LogP contribution in [0.5, 0.6) is 0 Å². The highest BCUT2D eigenvalue weighted by Gasteiger charge is 2.34. The fourth-order valence-electron chi connectivity index (χ4n) is 5.13. The number of hydrogen-bond acceptors (Lipinski definition) is 3. The molecule has 2 aliphatic heterocycles. The number of amides is 1. The molecule has 1 N–H and O–H groups in total. The van der Waals surface area contributed by atoms with Crippen LogP contribution in [-0.4, -0.2) is 47.9 Å². The van der Waals surface area contributed by atoms with Crippen molar-refractivity contribution in [2.75, 3.05) is 26.2 Å². The van der Waals surface area contributed by atoms with E-state index in [2.05, 4.69) is 45.4 Å². The molecule has 31 heavy (non-hydrogen) atoms. The van der Waals surface area contributed by atoms with E-state index in [9.17, 15) is 9.18 Å². The van der Waals surface area contributed by atoms with Gasteiger partial charge < -0.3 is 10.2 Å². The van der Waals surface area contributed by atoms with E-state index < -0.39 is 0 Å². The van der Waals surface area contributed by atoms with Crippen LogP contribution in [0.1, 0.15) is 43.2 Å². The SMILES string of the molecule is O=C(CC[C@H]1CN(Cc2ccccc2)CC[C@H]1N1CCCC1)NCc1ccc(F)cc1. The molecule has 0 spiro atoms. The van der Waals surface area contributed by atoms with Gasteiger partial charge in [-0.2, -0.15) is 0 Å². The summed E-state index contributed by atoms with van der Waals surface area (Å²) < 4.78 is 13.1. The quantitative estimate of drug-likeness (QED) is 0.691. The fourth-order valence-corrected chi connectivity index (χ4v) is 5.13. The lowest BCUT2D eigenvalue weighted by Gasteiger charge is -2.43. The summed E-state index contributed by atoms with van der Waals surface area (Å²) in [5, 5.41) is 3.00. The number of likely N-dealkylation sites (tertiary alicyclic amines) is 2. The number of benzene rings is 2. The van der Waals surface area contributed by atoms with Crippen molar-refractivity contribution in [3.63, 3.8) is 0 Å². The minimum absolute atomic E-state index is 0.0877. The number of piperidine rings is 1. The van der Waals surface area contributed by atoms with Gasteiger partial charge in [-0.3, -0.25) is 9.69 Å². The second-order valence-corrected chi connectivity index (χ2v) is 9.02. The van der Waals surface area contributed by atoms with Crippen LogP contribution in [0.3, 0.4) is 0 Å². The van der Waals surface area contributed by atoms with Gasteiger partial charge in [-0.25, -0.2) is 4.39 Å². The zero-order valence-electron chi connectivity index (χ0n) is 18.3. The first-order valence-corrected chi connectivity index (χ1v) is 11.7. The lowest BCUT2D eigenvalue weighted by molar-refractivity contribution is -0.121. The van der Waals surface area contributed by atoms with Crippen LogP contribution in [0, 0.1) is 11.7 Å². The van der Waals surface area contributed by atoms with E-state index in [0.717, 1.165) is 31.6 Å². The topological polar surface area (TPSA) is 35.6 Å². The number of nitrogens with one attached hydrogen (secondary N) is 1. The van der Waals surface area contributed by atoms with Gasteiger partial charge in [-0.15, -0.1) is 0 Å². The number of carbonyl (C=O) groups excluding carboxylic acids is 1. The Kier molecular flexibility index (Phi) is 7.71. The standard InChI is InChI=1S/C26H34FN3O/c27-24-11-8-21(9-12-24)18-28-26(31)13-10-23-20-29(19-22-6-2-1-3-7-22)17-14-25(23)30-15-4-5-16-30/h1-3,6-9,11-12,23,25H,4-5,10,13-20H2,(H,28,31)/t23-,25+/m0/s1. The van der Waals surface area contributed by atoms with E-state index in [1.54, 1.807) is 12.1 Å². The number of rotatable bonds is 8. The van der Waals surface area contributed by atoms with Crippen molar-refractivity contribution in [2.45, 2.75) is 51.2 Å². The molecule has 2 aromatic rings. The van der Waals surface area contributed by atoms with E-state index in [1.807, 2.05) is 0 Å². The molecule has 166 valence electrons. The third kappa shape index (κ3) is 6.37. The molecule has 0 aromatic heterocycles. The van der Waals surface area contributed by atoms with Crippen molar-refractivity contribution in [2.24, 2.45) is 5.92 Å². The normalized spacial score (nSPS) is 22.5. The highest BCUT2D eigenvalue weighted by atomic mass is 19.1. The Labute approximate surface area is 185 Å². The van der Waals surface area contributed by atoms with Crippen LogP contribution in [0.2, 0.25) is 0 Å². The highest BCUT2D eigenvalue weighted by molar-refractivity contribution is 5.75. The Bertz CT molecular complexity index is 820. The van der Waals surface area contributed by atoms with Crippen molar-refractivity contribution in [1.29, 1.82) is 0 Å². The Morgan fingerprint density at radius 2 is 1.71 bits per heavy atom. The van der Waals surface area contributed by atoms with Crippen molar-refractivity contribution in [3.8, 4) is 0 Å². The second kappa shape index (κ2) is 10.9. The first-order valence-electron chi connectivity index (χ1n) is 11.7. The van der Waals surface area contributed by atoms with Crippen LogP contribution < -0.4 is 5.32 Å². The number of hydrogen-bond donors (Lipinski definition) is 1. The van der Waals surface area contributed by atoms with Crippen molar-refractivity contribution < 1.29 is 9.18 Å². The molecular weight excluding hydrogens is 389 g/mol. The average molecular weight is 424 g/mol. The van der Waals surface area contributed by atoms with Crippen molar-refractivity contribution >= 4 is 5.91 Å². The number of halogens is 1. The van der Waals surface area contributed by atoms with E-state index in [-0.39, 0.29) is 11.7 Å². The molecule has 0 aliphatic carbocycles. The van der Waals surface area contributed by atoms with Crippen molar-refractivity contribution in [1.82, 2.24) is 15.1 Å². The average Bonchev–Trinajstić information content (AvgIpc) is 3.33. The van der Waals surface area contributed by atoms with Crippen LogP contribution in [0.4, 0.5) is 4.39 Å². The van der Waals surface area contributed by atoms with Gasteiger partial charge in [0, 0.05) is 32.1 Å². The predicted molar refractivity (Wildman–Crippen MR) is 122 cm³/mol.